The number of nitrogens with two attached hydrogens (primary N) is 1. The molecule has 0 saturated heterocycles. The summed E-state index contributed by atoms with van der Waals surface area (Å²) in [5, 5.41) is 0. The maximum atomic E-state index is 14.5. The lowest BCUT2D eigenvalue weighted by molar-refractivity contribution is 0.111. The van der Waals surface area contributed by atoms with Gasteiger partial charge in [-0.25, -0.2) is 13.6 Å². The Morgan fingerprint density at radius 3 is 2.73 bits per heavy atom. The molecule has 2 N–H and O–H groups in total. The van der Waals surface area contributed by atoms with Crippen molar-refractivity contribution in [1.29, 1.82) is 0 Å². The quantitative estimate of drug-likeness (QED) is 0.843. The third-order valence-electron chi connectivity index (χ3n) is 4.43. The Kier molecular flexibility index (Phi) is 5.32. The van der Waals surface area contributed by atoms with Crippen molar-refractivity contribution in [2.24, 2.45) is 5.73 Å². The van der Waals surface area contributed by atoms with Gasteiger partial charge in [-0.05, 0) is 30.2 Å². The van der Waals surface area contributed by atoms with E-state index in [2.05, 4.69) is 6.58 Å². The number of benzene rings is 2. The third-order valence-corrected chi connectivity index (χ3v) is 4.43. The minimum Gasteiger partial charge on any atom is -0.415 e. The zero-order valence-electron chi connectivity index (χ0n) is 14.3. The number of amides is 1. The smallest absolute Gasteiger partial charge is 0.415 e. The Bertz CT molecular complexity index is 838. The summed E-state index contributed by atoms with van der Waals surface area (Å²) in [4.78, 5) is 14.1. The molecule has 1 heterocycles. The van der Waals surface area contributed by atoms with Crippen molar-refractivity contribution in [2.75, 3.05) is 13.1 Å². The lowest BCUT2D eigenvalue weighted by Crippen LogP contribution is -2.41. The minimum absolute atomic E-state index is 0.222. The van der Waals surface area contributed by atoms with Crippen LogP contribution < -0.4 is 5.73 Å². The van der Waals surface area contributed by atoms with Gasteiger partial charge in [-0.3, -0.25) is 4.90 Å². The normalized spacial score (nSPS) is 16.1. The Hall–Kier alpha value is -2.73. The van der Waals surface area contributed by atoms with Gasteiger partial charge >= 0.3 is 6.09 Å². The lowest BCUT2D eigenvalue weighted by Gasteiger charge is -2.37. The van der Waals surface area contributed by atoms with E-state index in [4.69, 9.17) is 10.5 Å². The van der Waals surface area contributed by atoms with E-state index < -0.39 is 23.8 Å². The summed E-state index contributed by atoms with van der Waals surface area (Å²) in [6.45, 7) is 4.34. The molecule has 0 bridgehead atoms. The van der Waals surface area contributed by atoms with Gasteiger partial charge in [0.2, 0.25) is 0 Å². The van der Waals surface area contributed by atoms with Gasteiger partial charge < -0.3 is 10.5 Å². The average molecular weight is 358 g/mol. The molecule has 0 saturated carbocycles. The van der Waals surface area contributed by atoms with Crippen LogP contribution in [0.5, 0.6) is 0 Å². The molecule has 26 heavy (non-hydrogen) atoms. The van der Waals surface area contributed by atoms with Crippen LogP contribution in [0.4, 0.5) is 13.6 Å². The first-order valence-corrected chi connectivity index (χ1v) is 8.40. The lowest BCUT2D eigenvalue weighted by atomic mass is 9.88. The van der Waals surface area contributed by atoms with Crippen molar-refractivity contribution in [2.45, 2.75) is 18.9 Å². The van der Waals surface area contributed by atoms with Crippen LogP contribution in [-0.4, -0.2) is 24.1 Å². The predicted octanol–water partition coefficient (Wildman–Crippen LogP) is 3.91. The number of halogens is 2. The number of fused-ring (bicyclic) bond motifs is 1. The SMILES string of the molecule is C=C(CCN)OC(=O)N1CCc2ccccc2[C@@H]1c1ccc(F)cc1F. The Morgan fingerprint density at radius 2 is 2.00 bits per heavy atom. The van der Waals surface area contributed by atoms with Crippen molar-refractivity contribution in [1.82, 2.24) is 4.90 Å². The van der Waals surface area contributed by atoms with Crippen LogP contribution in [0.25, 0.3) is 0 Å². The summed E-state index contributed by atoms with van der Waals surface area (Å²) in [6.07, 6.45) is 0.353. The van der Waals surface area contributed by atoms with Crippen molar-refractivity contribution >= 4 is 6.09 Å². The molecule has 1 aliphatic heterocycles. The number of hydrogen-bond donors (Lipinski definition) is 1. The van der Waals surface area contributed by atoms with Crippen molar-refractivity contribution in [3.8, 4) is 0 Å². The zero-order chi connectivity index (χ0) is 18.7. The fourth-order valence-corrected chi connectivity index (χ4v) is 3.22. The Balaban J connectivity index is 2.01. The molecule has 0 radical (unpaired) electrons. The fourth-order valence-electron chi connectivity index (χ4n) is 3.22. The van der Waals surface area contributed by atoms with Crippen LogP contribution in [0.2, 0.25) is 0 Å². The summed E-state index contributed by atoms with van der Waals surface area (Å²) in [6, 6.07) is 10.2. The van der Waals surface area contributed by atoms with Crippen LogP contribution in [-0.2, 0) is 11.2 Å². The van der Waals surface area contributed by atoms with Gasteiger partial charge in [0.25, 0.3) is 0 Å². The van der Waals surface area contributed by atoms with E-state index in [1.807, 2.05) is 24.3 Å². The van der Waals surface area contributed by atoms with Gasteiger partial charge in [0.05, 0.1) is 6.04 Å². The van der Waals surface area contributed by atoms with Gasteiger partial charge in [-0.2, -0.15) is 0 Å². The largest absolute Gasteiger partial charge is 0.415 e. The van der Waals surface area contributed by atoms with Crippen LogP contribution in [0.1, 0.15) is 29.2 Å². The Morgan fingerprint density at radius 1 is 1.23 bits per heavy atom. The standard InChI is InChI=1S/C20H20F2N2O2/c1-13(8-10-23)26-20(25)24-11-9-14-4-2-3-5-16(14)19(24)17-7-6-15(21)12-18(17)22/h2-7,12,19H,1,8-11,23H2/t19-/m1/s1. The van der Waals surface area contributed by atoms with Crippen LogP contribution in [0, 0.1) is 11.6 Å². The van der Waals surface area contributed by atoms with E-state index >= 15 is 0 Å². The molecule has 0 aromatic heterocycles. The Labute approximate surface area is 150 Å². The molecular weight excluding hydrogens is 338 g/mol. The monoisotopic (exact) mass is 358 g/mol. The summed E-state index contributed by atoms with van der Waals surface area (Å²) >= 11 is 0. The van der Waals surface area contributed by atoms with Crippen LogP contribution in [0.3, 0.4) is 0 Å². The van der Waals surface area contributed by atoms with E-state index in [9.17, 15) is 13.6 Å². The molecular formula is C20H20F2N2O2. The number of hydrogen-bond acceptors (Lipinski definition) is 3. The van der Waals surface area contributed by atoms with E-state index in [0.717, 1.165) is 17.2 Å². The highest BCUT2D eigenvalue weighted by atomic mass is 19.1. The summed E-state index contributed by atoms with van der Waals surface area (Å²) < 4.78 is 33.1. The molecule has 0 spiro atoms. The topological polar surface area (TPSA) is 55.6 Å². The summed E-state index contributed by atoms with van der Waals surface area (Å²) in [7, 11) is 0. The van der Waals surface area contributed by atoms with Crippen molar-refractivity contribution < 1.29 is 18.3 Å². The van der Waals surface area contributed by atoms with Gasteiger partial charge in [-0.1, -0.05) is 36.9 Å². The van der Waals surface area contributed by atoms with E-state index in [1.165, 1.54) is 17.0 Å². The molecule has 1 atom stereocenters. The highest BCUT2D eigenvalue weighted by Gasteiger charge is 2.34. The molecule has 0 fully saturated rings. The number of ether oxygens (including phenoxy) is 1. The molecule has 2 aromatic rings. The van der Waals surface area contributed by atoms with Gasteiger partial charge in [0.1, 0.15) is 17.4 Å². The van der Waals surface area contributed by atoms with Gasteiger partial charge in [0, 0.05) is 24.6 Å². The molecule has 4 nitrogen and oxygen atoms in total. The molecule has 1 aliphatic rings. The average Bonchev–Trinajstić information content (AvgIpc) is 2.61. The maximum absolute atomic E-state index is 14.5. The van der Waals surface area contributed by atoms with Crippen molar-refractivity contribution in [3.05, 3.63) is 83.1 Å². The molecule has 2 aromatic carbocycles. The second-order valence-corrected chi connectivity index (χ2v) is 6.16. The van der Waals surface area contributed by atoms with E-state index in [1.54, 1.807) is 0 Å². The fraction of sp³-hybridized carbons (Fsp3) is 0.250. The summed E-state index contributed by atoms with van der Waals surface area (Å²) in [5.74, 6) is -1.11. The number of nitrogens with zero attached hydrogens (tertiary/aromatic N) is 1. The molecule has 0 aliphatic carbocycles. The van der Waals surface area contributed by atoms with E-state index in [-0.39, 0.29) is 11.3 Å². The molecule has 0 unspecified atom stereocenters. The first kappa shape index (κ1) is 18.1. The first-order valence-electron chi connectivity index (χ1n) is 8.40. The molecule has 3 rings (SSSR count). The van der Waals surface area contributed by atoms with E-state index in [0.29, 0.717) is 25.9 Å². The molecule has 6 heteroatoms. The highest BCUT2D eigenvalue weighted by molar-refractivity contribution is 5.71. The molecule has 1 amide bonds. The molecule has 136 valence electrons. The van der Waals surface area contributed by atoms with Gasteiger partial charge in [-0.15, -0.1) is 0 Å². The summed E-state index contributed by atoms with van der Waals surface area (Å²) in [5.41, 5.74) is 7.49. The van der Waals surface area contributed by atoms with Crippen LogP contribution in [0.15, 0.2) is 54.8 Å². The second kappa shape index (κ2) is 7.66. The van der Waals surface area contributed by atoms with Gasteiger partial charge in [0.15, 0.2) is 0 Å². The first-order chi connectivity index (χ1) is 12.5. The highest BCUT2D eigenvalue weighted by Crippen LogP contribution is 2.37. The second-order valence-electron chi connectivity index (χ2n) is 6.16. The maximum Gasteiger partial charge on any atom is 0.415 e. The number of rotatable bonds is 4. The third kappa shape index (κ3) is 3.60. The number of carbonyl (C=O) groups is 1. The minimum atomic E-state index is -0.703. The van der Waals surface area contributed by atoms with Crippen molar-refractivity contribution in [3.63, 3.8) is 0 Å². The predicted molar refractivity (Wildman–Crippen MR) is 94.3 cm³/mol. The number of carbonyl (C=O) groups excluding carboxylic acids is 1. The van der Waals surface area contributed by atoms with Crippen LogP contribution >= 0.6 is 0 Å². The zero-order valence-corrected chi connectivity index (χ0v) is 14.3.